The van der Waals surface area contributed by atoms with E-state index in [0.717, 1.165) is 25.7 Å². The van der Waals surface area contributed by atoms with Gasteiger partial charge < -0.3 is 9.47 Å². The second kappa shape index (κ2) is 10.9. The van der Waals surface area contributed by atoms with Gasteiger partial charge in [-0.15, -0.1) is 0 Å². The van der Waals surface area contributed by atoms with Crippen molar-refractivity contribution in [2.45, 2.75) is 91.6 Å². The van der Waals surface area contributed by atoms with E-state index in [1.54, 1.807) is 0 Å². The summed E-state index contributed by atoms with van der Waals surface area (Å²) in [5.74, 6) is 1.79. The van der Waals surface area contributed by atoms with Gasteiger partial charge in [0.1, 0.15) is 6.10 Å². The number of carbonyl (C=O) groups is 1. The van der Waals surface area contributed by atoms with Crippen LogP contribution in [0, 0.1) is 17.8 Å². The maximum absolute atomic E-state index is 11.8. The SMILES string of the molecule is CCCCCCCCOC(=O)OC1CC(C(C)C)CCC1C. The number of hydrogen-bond donors (Lipinski definition) is 0. The molecule has 3 atom stereocenters. The fourth-order valence-corrected chi connectivity index (χ4v) is 3.28. The van der Waals surface area contributed by atoms with Crippen LogP contribution in [0.2, 0.25) is 0 Å². The van der Waals surface area contributed by atoms with E-state index < -0.39 is 6.16 Å². The summed E-state index contributed by atoms with van der Waals surface area (Å²) in [7, 11) is 0. The minimum atomic E-state index is -0.463. The predicted octanol–water partition coefficient (Wildman–Crippen LogP) is 5.96. The molecule has 0 radical (unpaired) electrons. The van der Waals surface area contributed by atoms with Gasteiger partial charge in [0, 0.05) is 0 Å². The zero-order chi connectivity index (χ0) is 16.4. The highest BCUT2D eigenvalue weighted by Crippen LogP contribution is 2.35. The Morgan fingerprint density at radius 2 is 1.77 bits per heavy atom. The topological polar surface area (TPSA) is 35.5 Å². The average molecular weight is 312 g/mol. The first-order valence-corrected chi connectivity index (χ1v) is 9.38. The highest BCUT2D eigenvalue weighted by Gasteiger charge is 2.32. The normalized spacial score (nSPS) is 25.2. The van der Waals surface area contributed by atoms with E-state index in [1.165, 1.54) is 32.1 Å². The fourth-order valence-electron chi connectivity index (χ4n) is 3.28. The summed E-state index contributed by atoms with van der Waals surface area (Å²) in [4.78, 5) is 11.8. The van der Waals surface area contributed by atoms with Crippen molar-refractivity contribution >= 4 is 6.16 Å². The van der Waals surface area contributed by atoms with Gasteiger partial charge in [-0.2, -0.15) is 0 Å². The Labute approximate surface area is 137 Å². The molecule has 0 heterocycles. The number of ether oxygens (including phenoxy) is 2. The molecule has 0 aromatic rings. The zero-order valence-corrected chi connectivity index (χ0v) is 15.1. The summed E-state index contributed by atoms with van der Waals surface area (Å²) in [6, 6.07) is 0. The highest BCUT2D eigenvalue weighted by molar-refractivity contribution is 5.60. The quantitative estimate of drug-likeness (QED) is 0.389. The number of unbranched alkanes of at least 4 members (excludes halogenated alkanes) is 5. The Morgan fingerprint density at radius 3 is 2.45 bits per heavy atom. The van der Waals surface area contributed by atoms with E-state index in [4.69, 9.17) is 9.47 Å². The van der Waals surface area contributed by atoms with Crippen molar-refractivity contribution in [3.05, 3.63) is 0 Å². The molecule has 0 N–H and O–H groups in total. The lowest BCUT2D eigenvalue weighted by atomic mass is 9.76. The Balaban J connectivity index is 2.15. The number of carbonyl (C=O) groups excluding carboxylic acids is 1. The van der Waals surface area contributed by atoms with Crippen molar-refractivity contribution in [2.75, 3.05) is 6.61 Å². The van der Waals surface area contributed by atoms with Crippen LogP contribution in [0.5, 0.6) is 0 Å². The Hall–Kier alpha value is -0.730. The zero-order valence-electron chi connectivity index (χ0n) is 15.1. The minimum Gasteiger partial charge on any atom is -0.434 e. The van der Waals surface area contributed by atoms with Crippen LogP contribution in [-0.4, -0.2) is 18.9 Å². The van der Waals surface area contributed by atoms with Crippen molar-refractivity contribution < 1.29 is 14.3 Å². The first-order chi connectivity index (χ1) is 10.5. The first kappa shape index (κ1) is 19.3. The molecule has 0 aliphatic heterocycles. The second-order valence-corrected chi connectivity index (χ2v) is 7.32. The van der Waals surface area contributed by atoms with Crippen LogP contribution in [0.4, 0.5) is 4.79 Å². The molecule has 0 bridgehead atoms. The summed E-state index contributed by atoms with van der Waals surface area (Å²) in [5, 5.41) is 0. The number of hydrogen-bond acceptors (Lipinski definition) is 3. The van der Waals surface area contributed by atoms with Gasteiger partial charge in [0.2, 0.25) is 0 Å². The summed E-state index contributed by atoms with van der Waals surface area (Å²) in [5.41, 5.74) is 0. The molecule has 3 heteroatoms. The predicted molar refractivity (Wildman–Crippen MR) is 90.9 cm³/mol. The monoisotopic (exact) mass is 312 g/mol. The van der Waals surface area contributed by atoms with Crippen LogP contribution in [-0.2, 0) is 9.47 Å². The third kappa shape index (κ3) is 7.51. The van der Waals surface area contributed by atoms with Gasteiger partial charge in [-0.25, -0.2) is 4.79 Å². The van der Waals surface area contributed by atoms with Gasteiger partial charge in [-0.05, 0) is 43.4 Å². The lowest BCUT2D eigenvalue weighted by Gasteiger charge is -2.35. The van der Waals surface area contributed by atoms with Crippen molar-refractivity contribution in [2.24, 2.45) is 17.8 Å². The Morgan fingerprint density at radius 1 is 1.09 bits per heavy atom. The molecule has 22 heavy (non-hydrogen) atoms. The summed E-state index contributed by atoms with van der Waals surface area (Å²) >= 11 is 0. The lowest BCUT2D eigenvalue weighted by Crippen LogP contribution is -2.34. The third-order valence-electron chi connectivity index (χ3n) is 5.07. The molecule has 1 aliphatic rings. The van der Waals surface area contributed by atoms with E-state index in [-0.39, 0.29) is 6.10 Å². The van der Waals surface area contributed by atoms with Crippen LogP contribution < -0.4 is 0 Å². The Bertz CT molecular complexity index is 301. The van der Waals surface area contributed by atoms with Crippen LogP contribution in [0.15, 0.2) is 0 Å². The molecule has 3 unspecified atom stereocenters. The molecule has 0 spiro atoms. The highest BCUT2D eigenvalue weighted by atomic mass is 16.7. The summed E-state index contributed by atoms with van der Waals surface area (Å²) in [6.07, 6.45) is 10.2. The first-order valence-electron chi connectivity index (χ1n) is 9.38. The van der Waals surface area contributed by atoms with E-state index in [2.05, 4.69) is 27.7 Å². The van der Waals surface area contributed by atoms with E-state index in [0.29, 0.717) is 24.4 Å². The fraction of sp³-hybridized carbons (Fsp3) is 0.947. The van der Waals surface area contributed by atoms with Crippen molar-refractivity contribution in [1.82, 2.24) is 0 Å². The maximum atomic E-state index is 11.8. The largest absolute Gasteiger partial charge is 0.508 e. The number of rotatable bonds is 9. The third-order valence-corrected chi connectivity index (χ3v) is 5.07. The molecule has 1 saturated carbocycles. The average Bonchev–Trinajstić information content (AvgIpc) is 2.48. The van der Waals surface area contributed by atoms with Crippen LogP contribution in [0.3, 0.4) is 0 Å². The molecule has 1 rings (SSSR count). The van der Waals surface area contributed by atoms with Crippen molar-refractivity contribution in [1.29, 1.82) is 0 Å². The smallest absolute Gasteiger partial charge is 0.434 e. The Kier molecular flexibility index (Phi) is 9.58. The van der Waals surface area contributed by atoms with E-state index in [9.17, 15) is 4.79 Å². The van der Waals surface area contributed by atoms with Crippen molar-refractivity contribution in [3.63, 3.8) is 0 Å². The van der Waals surface area contributed by atoms with Crippen LogP contribution >= 0.6 is 0 Å². The van der Waals surface area contributed by atoms with Gasteiger partial charge in [0.05, 0.1) is 6.61 Å². The standard InChI is InChI=1S/C19H36O3/c1-5-6-7-8-9-10-13-21-19(20)22-18-14-17(15(2)3)12-11-16(18)4/h15-18H,5-14H2,1-4H3. The molecular formula is C19H36O3. The van der Waals surface area contributed by atoms with E-state index in [1.807, 2.05) is 0 Å². The molecule has 1 aliphatic carbocycles. The molecule has 130 valence electrons. The second-order valence-electron chi connectivity index (χ2n) is 7.32. The summed E-state index contributed by atoms with van der Waals surface area (Å²) < 4.78 is 10.8. The molecule has 0 saturated heterocycles. The van der Waals surface area contributed by atoms with Gasteiger partial charge in [0.15, 0.2) is 0 Å². The molecule has 0 aromatic carbocycles. The molecule has 0 amide bonds. The van der Waals surface area contributed by atoms with Gasteiger partial charge in [-0.1, -0.05) is 59.8 Å². The summed E-state index contributed by atoms with van der Waals surface area (Å²) in [6.45, 7) is 9.42. The van der Waals surface area contributed by atoms with Crippen LogP contribution in [0.25, 0.3) is 0 Å². The molecule has 1 fully saturated rings. The van der Waals surface area contributed by atoms with Crippen LogP contribution in [0.1, 0.15) is 85.5 Å². The lowest BCUT2D eigenvalue weighted by molar-refractivity contribution is -0.0239. The molecular weight excluding hydrogens is 276 g/mol. The van der Waals surface area contributed by atoms with Gasteiger partial charge in [-0.3, -0.25) is 0 Å². The van der Waals surface area contributed by atoms with Gasteiger partial charge >= 0.3 is 6.16 Å². The maximum Gasteiger partial charge on any atom is 0.508 e. The van der Waals surface area contributed by atoms with Crippen molar-refractivity contribution in [3.8, 4) is 0 Å². The molecule has 3 nitrogen and oxygen atoms in total. The minimum absolute atomic E-state index is 0.0400. The van der Waals surface area contributed by atoms with E-state index >= 15 is 0 Å². The van der Waals surface area contributed by atoms with Gasteiger partial charge in [0.25, 0.3) is 0 Å². The molecule has 0 aromatic heterocycles.